The first-order chi connectivity index (χ1) is 10.1. The molecule has 0 atom stereocenters. The average Bonchev–Trinajstić information content (AvgIpc) is 2.72. The number of hydrogen-bond acceptors (Lipinski definition) is 5. The van der Waals surface area contributed by atoms with Crippen LogP contribution in [0.1, 0.15) is 0 Å². The zero-order chi connectivity index (χ0) is 16.8. The van der Waals surface area contributed by atoms with Gasteiger partial charge in [-0.25, -0.2) is 13.5 Å². The summed E-state index contributed by atoms with van der Waals surface area (Å²) in [6, 6.07) is 1.04. The van der Waals surface area contributed by atoms with Gasteiger partial charge in [-0.05, 0) is 6.04 Å². The lowest BCUT2D eigenvalue weighted by atomic mass is 10.4. The van der Waals surface area contributed by atoms with Gasteiger partial charge in [0.2, 0.25) is 0 Å². The van der Waals surface area contributed by atoms with E-state index in [-0.39, 0.29) is 18.3 Å². The number of rotatable bonds is 10. The van der Waals surface area contributed by atoms with E-state index < -0.39 is 27.2 Å². The third-order valence-electron chi connectivity index (χ3n) is 2.75. The molecule has 1 aromatic rings. The van der Waals surface area contributed by atoms with Crippen molar-refractivity contribution < 1.29 is 23.0 Å². The van der Waals surface area contributed by atoms with Gasteiger partial charge in [-0.1, -0.05) is 19.6 Å². The summed E-state index contributed by atoms with van der Waals surface area (Å²) in [6.07, 6.45) is 1.50. The maximum atomic E-state index is 13.3. The summed E-state index contributed by atoms with van der Waals surface area (Å²) < 4.78 is 42.8. The number of nitrogens with two attached hydrogens (primary N) is 1. The minimum absolute atomic E-state index is 0.0235. The van der Waals surface area contributed by atoms with Gasteiger partial charge in [0.25, 0.3) is 5.88 Å². The van der Waals surface area contributed by atoms with Crippen LogP contribution in [0.5, 0.6) is 5.88 Å². The molecule has 0 unspecified atom stereocenters. The molecule has 0 aromatic carbocycles. The normalized spacial score (nSPS) is 12.6. The molecule has 0 aliphatic carbocycles. The first-order valence-electron chi connectivity index (χ1n) is 7.03. The molecule has 0 amide bonds. The van der Waals surface area contributed by atoms with Crippen molar-refractivity contribution in [3.63, 3.8) is 0 Å². The highest BCUT2D eigenvalue weighted by Gasteiger charge is 2.30. The lowest BCUT2D eigenvalue weighted by Gasteiger charge is -2.15. The van der Waals surface area contributed by atoms with Gasteiger partial charge in [0.1, 0.15) is 19.0 Å². The number of nitrogen functional groups attached to an aromatic ring is 1. The maximum Gasteiger partial charge on any atom is 0.304 e. The highest BCUT2D eigenvalue weighted by molar-refractivity contribution is 6.76. The van der Waals surface area contributed by atoms with E-state index in [2.05, 4.69) is 29.5 Å². The molecular weight excluding hydrogens is 312 g/mol. The first kappa shape index (κ1) is 18.9. The fourth-order valence-electron chi connectivity index (χ4n) is 1.56. The van der Waals surface area contributed by atoms with Crippen molar-refractivity contribution >= 4 is 13.8 Å². The Morgan fingerprint density at radius 2 is 2.00 bits per heavy atom. The van der Waals surface area contributed by atoms with Crippen molar-refractivity contribution in [2.75, 3.05) is 32.7 Å². The SMILES string of the molecule is COCC(F)(F)COc1nn(COCC[Si](C)(C)C)cc1N. The number of hydrogen-bond donors (Lipinski definition) is 1. The van der Waals surface area contributed by atoms with Crippen molar-refractivity contribution in [1.82, 2.24) is 9.78 Å². The van der Waals surface area contributed by atoms with Gasteiger partial charge < -0.3 is 19.9 Å². The smallest absolute Gasteiger partial charge is 0.304 e. The summed E-state index contributed by atoms with van der Waals surface area (Å²) >= 11 is 0. The zero-order valence-electron chi connectivity index (χ0n) is 13.6. The van der Waals surface area contributed by atoms with E-state index in [1.54, 1.807) is 0 Å². The van der Waals surface area contributed by atoms with Gasteiger partial charge in [-0.3, -0.25) is 0 Å². The number of nitrogens with zero attached hydrogens (tertiary/aromatic N) is 2. The average molecular weight is 337 g/mol. The summed E-state index contributed by atoms with van der Waals surface area (Å²) in [5.41, 5.74) is 5.88. The Hall–Kier alpha value is -1.19. The van der Waals surface area contributed by atoms with E-state index in [1.165, 1.54) is 18.0 Å². The predicted octanol–water partition coefficient (Wildman–Crippen LogP) is 2.44. The fourth-order valence-corrected chi connectivity index (χ4v) is 2.32. The maximum absolute atomic E-state index is 13.3. The molecule has 0 aliphatic heterocycles. The molecule has 0 saturated carbocycles. The largest absolute Gasteiger partial charge is 0.469 e. The van der Waals surface area contributed by atoms with E-state index in [0.717, 1.165) is 6.04 Å². The molecule has 0 radical (unpaired) electrons. The van der Waals surface area contributed by atoms with E-state index in [1.807, 2.05) is 0 Å². The minimum Gasteiger partial charge on any atom is -0.469 e. The van der Waals surface area contributed by atoms with Crippen molar-refractivity contribution in [3.05, 3.63) is 6.20 Å². The van der Waals surface area contributed by atoms with Gasteiger partial charge in [0.15, 0.2) is 6.61 Å². The van der Waals surface area contributed by atoms with Crippen LogP contribution in [-0.4, -0.2) is 50.7 Å². The van der Waals surface area contributed by atoms with Crippen LogP contribution in [0.2, 0.25) is 25.7 Å². The standard InChI is InChI=1S/C13H25F2N3O3Si/c1-19-8-13(14,15)9-21-12-11(16)7-18(17-12)10-20-5-6-22(2,3)4/h7H,5-6,8-10,16H2,1-4H3. The number of anilines is 1. The summed E-state index contributed by atoms with van der Waals surface area (Å²) in [6.45, 7) is 6.08. The van der Waals surface area contributed by atoms with Crippen molar-refractivity contribution in [2.45, 2.75) is 38.3 Å². The van der Waals surface area contributed by atoms with Crippen molar-refractivity contribution in [3.8, 4) is 5.88 Å². The third kappa shape index (κ3) is 7.19. The number of ether oxygens (including phenoxy) is 3. The van der Waals surface area contributed by atoms with Crippen LogP contribution in [0.4, 0.5) is 14.5 Å². The summed E-state index contributed by atoms with van der Waals surface area (Å²) in [5, 5.41) is 3.99. The molecule has 0 saturated heterocycles. The Morgan fingerprint density at radius 1 is 1.32 bits per heavy atom. The molecule has 0 fully saturated rings. The van der Waals surface area contributed by atoms with Gasteiger partial charge in [0.05, 0.1) is 6.20 Å². The summed E-state index contributed by atoms with van der Waals surface area (Å²) in [5.74, 6) is -3.11. The molecule has 1 heterocycles. The molecule has 22 heavy (non-hydrogen) atoms. The van der Waals surface area contributed by atoms with Crippen LogP contribution >= 0.6 is 0 Å². The lowest BCUT2D eigenvalue weighted by Crippen LogP contribution is -2.31. The second-order valence-corrected chi connectivity index (χ2v) is 12.0. The second kappa shape index (κ2) is 7.89. The fraction of sp³-hybridized carbons (Fsp3) is 0.769. The predicted molar refractivity (Wildman–Crippen MR) is 83.1 cm³/mol. The summed E-state index contributed by atoms with van der Waals surface area (Å²) in [7, 11) is 0.0612. The number of alkyl halides is 2. The molecule has 9 heteroatoms. The molecule has 0 aliphatic rings. The quantitative estimate of drug-likeness (QED) is 0.524. The topological polar surface area (TPSA) is 71.5 Å². The van der Waals surface area contributed by atoms with E-state index >= 15 is 0 Å². The highest BCUT2D eigenvalue weighted by atomic mass is 28.3. The van der Waals surface area contributed by atoms with Gasteiger partial charge in [-0.15, -0.1) is 5.10 Å². The molecule has 2 N–H and O–H groups in total. The molecule has 0 bridgehead atoms. The van der Waals surface area contributed by atoms with Crippen LogP contribution in [0.25, 0.3) is 0 Å². The van der Waals surface area contributed by atoms with Gasteiger partial charge in [-0.2, -0.15) is 0 Å². The summed E-state index contributed by atoms with van der Waals surface area (Å²) in [4.78, 5) is 0. The molecule has 1 aromatic heterocycles. The van der Waals surface area contributed by atoms with Crippen LogP contribution in [0, 0.1) is 0 Å². The van der Waals surface area contributed by atoms with Crippen molar-refractivity contribution in [1.29, 1.82) is 0 Å². The minimum atomic E-state index is -3.08. The Labute approximate surface area is 130 Å². The second-order valence-electron chi connectivity index (χ2n) is 6.35. The molecular formula is C13H25F2N3O3Si. The van der Waals surface area contributed by atoms with Crippen LogP contribution in [0.15, 0.2) is 6.20 Å². The number of methoxy groups -OCH3 is 1. The molecule has 1 rings (SSSR count). The zero-order valence-corrected chi connectivity index (χ0v) is 14.6. The van der Waals surface area contributed by atoms with E-state index in [0.29, 0.717) is 6.61 Å². The van der Waals surface area contributed by atoms with E-state index in [4.69, 9.17) is 15.2 Å². The lowest BCUT2D eigenvalue weighted by molar-refractivity contribution is -0.0918. The molecule has 0 spiro atoms. The van der Waals surface area contributed by atoms with Gasteiger partial charge >= 0.3 is 5.92 Å². The Balaban J connectivity index is 2.43. The molecule has 6 nitrogen and oxygen atoms in total. The number of aromatic nitrogens is 2. The number of halogens is 2. The Kier molecular flexibility index (Phi) is 6.76. The Bertz CT molecular complexity index is 464. The van der Waals surface area contributed by atoms with Crippen molar-refractivity contribution in [2.24, 2.45) is 0 Å². The van der Waals surface area contributed by atoms with Crippen LogP contribution in [-0.2, 0) is 16.2 Å². The van der Waals surface area contributed by atoms with E-state index in [9.17, 15) is 8.78 Å². The highest BCUT2D eigenvalue weighted by Crippen LogP contribution is 2.22. The third-order valence-corrected chi connectivity index (χ3v) is 4.45. The Morgan fingerprint density at radius 3 is 2.59 bits per heavy atom. The monoisotopic (exact) mass is 337 g/mol. The van der Waals surface area contributed by atoms with Gasteiger partial charge in [0, 0.05) is 21.8 Å². The molecule has 128 valence electrons. The van der Waals surface area contributed by atoms with Crippen LogP contribution in [0.3, 0.4) is 0 Å². The van der Waals surface area contributed by atoms with Crippen LogP contribution < -0.4 is 10.5 Å². The first-order valence-corrected chi connectivity index (χ1v) is 10.7.